The van der Waals surface area contributed by atoms with Crippen molar-refractivity contribution in [2.24, 2.45) is 11.7 Å². The van der Waals surface area contributed by atoms with Crippen LogP contribution in [-0.4, -0.2) is 117 Å². The summed E-state index contributed by atoms with van der Waals surface area (Å²) in [6, 6.07) is -0.168. The van der Waals surface area contributed by atoms with Crippen molar-refractivity contribution in [1.82, 2.24) is 18.8 Å². The fourth-order valence-electron chi connectivity index (χ4n) is 4.43. The van der Waals surface area contributed by atoms with Gasteiger partial charge in [0.15, 0.2) is 0 Å². The summed E-state index contributed by atoms with van der Waals surface area (Å²) in [5, 5.41) is 12.8. The first-order valence-electron chi connectivity index (χ1n) is 11.0. The lowest BCUT2D eigenvalue weighted by Gasteiger charge is -2.38. The van der Waals surface area contributed by atoms with Gasteiger partial charge in [-0.3, -0.25) is 19.3 Å². The summed E-state index contributed by atoms with van der Waals surface area (Å²) in [7, 11) is -3.36. The number of carbonyl (C=O) groups is 3. The molecule has 3 saturated heterocycles. The Bertz CT molecular complexity index is 852. The Morgan fingerprint density at radius 1 is 1.30 bits per heavy atom. The van der Waals surface area contributed by atoms with Crippen LogP contribution in [-0.2, 0) is 33.9 Å². The molecule has 0 radical (unpaired) electrons. The molecule has 3 aliphatic rings. The minimum Gasteiger partial charge on any atom is -0.498 e. The molecule has 0 aromatic carbocycles. The summed E-state index contributed by atoms with van der Waals surface area (Å²) in [5.41, 5.74) is 4.46. The topological polar surface area (TPSA) is 172 Å². The largest absolute Gasteiger partial charge is 0.598 e. The molecule has 3 heterocycles. The third kappa shape index (κ3) is 5.66. The molecule has 33 heavy (non-hydrogen) atoms. The molecule has 3 fully saturated rings. The Kier molecular flexibility index (Phi) is 8.01. The summed E-state index contributed by atoms with van der Waals surface area (Å²) in [4.78, 5) is 37.2. The molecular formula is C18H32BN5O8S. The van der Waals surface area contributed by atoms with Crippen molar-refractivity contribution in [1.29, 1.82) is 0 Å². The summed E-state index contributed by atoms with van der Waals surface area (Å²) in [6.45, 7) is 2.66. The van der Waals surface area contributed by atoms with Crippen LogP contribution in [0.5, 0.6) is 0 Å². The molecule has 15 heteroatoms. The highest BCUT2D eigenvalue weighted by Crippen LogP contribution is 2.33. The van der Waals surface area contributed by atoms with Gasteiger partial charge in [0.25, 0.3) is 10.2 Å². The molecule has 0 unspecified atom stereocenters. The van der Waals surface area contributed by atoms with E-state index in [0.717, 1.165) is 4.31 Å². The van der Waals surface area contributed by atoms with Crippen molar-refractivity contribution in [3.8, 4) is 0 Å². The highest BCUT2D eigenvalue weighted by molar-refractivity contribution is 7.86. The highest BCUT2D eigenvalue weighted by atomic mass is 32.2. The number of nitrogens with one attached hydrogen (secondary N) is 1. The van der Waals surface area contributed by atoms with E-state index in [1.807, 2.05) is 0 Å². The van der Waals surface area contributed by atoms with E-state index in [9.17, 15) is 27.9 Å². The first kappa shape index (κ1) is 25.8. The zero-order valence-electron chi connectivity index (χ0n) is 18.9. The standard InChI is InChI=1S/C18H32BN5O8S/c1-3-24(14-7-21-8-14)33(29,30)23-9-13(18(20,12-23)17(27)28)5-4-6-19-31-15(25)10-22(2)11-16(26)32-19/h13-14,21H,3-12,20H2,1-2H3,(H,27,28)/t13-,18-/m0/s1. The third-order valence-electron chi connectivity index (χ3n) is 6.41. The molecule has 0 aromatic rings. The molecule has 0 aliphatic carbocycles. The van der Waals surface area contributed by atoms with Crippen LogP contribution in [0.3, 0.4) is 0 Å². The van der Waals surface area contributed by atoms with Gasteiger partial charge in [0.05, 0.1) is 19.1 Å². The van der Waals surface area contributed by atoms with Gasteiger partial charge < -0.3 is 25.5 Å². The minimum atomic E-state index is -3.88. The first-order chi connectivity index (χ1) is 15.5. The van der Waals surface area contributed by atoms with E-state index in [2.05, 4.69) is 5.32 Å². The van der Waals surface area contributed by atoms with Crippen LogP contribution < -0.4 is 11.1 Å². The molecule has 186 valence electrons. The predicted octanol–water partition coefficient (Wildman–Crippen LogP) is -2.46. The van der Waals surface area contributed by atoms with E-state index in [4.69, 9.17) is 15.0 Å². The van der Waals surface area contributed by atoms with Gasteiger partial charge in [-0.2, -0.15) is 17.0 Å². The van der Waals surface area contributed by atoms with Gasteiger partial charge in [0, 0.05) is 45.0 Å². The van der Waals surface area contributed by atoms with E-state index in [1.165, 1.54) is 9.21 Å². The molecule has 13 nitrogen and oxygen atoms in total. The third-order valence-corrected chi connectivity index (χ3v) is 8.49. The van der Waals surface area contributed by atoms with Gasteiger partial charge in [0.1, 0.15) is 5.54 Å². The molecule has 0 amide bonds. The van der Waals surface area contributed by atoms with Crippen LogP contribution in [0.15, 0.2) is 0 Å². The fraction of sp³-hybridized carbons (Fsp3) is 0.833. The number of likely N-dealkylation sites (N-methyl/N-ethyl adjacent to an activating group) is 2. The van der Waals surface area contributed by atoms with Gasteiger partial charge >= 0.3 is 25.0 Å². The predicted molar refractivity (Wildman–Crippen MR) is 117 cm³/mol. The number of carboxylic acid groups (broad SMARTS) is 1. The maximum atomic E-state index is 13.2. The lowest BCUT2D eigenvalue weighted by atomic mass is 9.77. The highest BCUT2D eigenvalue weighted by Gasteiger charge is 2.54. The van der Waals surface area contributed by atoms with Crippen molar-refractivity contribution in [2.75, 3.05) is 52.9 Å². The van der Waals surface area contributed by atoms with E-state index in [-0.39, 0.29) is 51.5 Å². The molecule has 4 N–H and O–H groups in total. The Labute approximate surface area is 193 Å². The SMILES string of the molecule is CCN(C1CNC1)S(=O)(=O)N1C[C@H](CCCB2OC(=O)CN(C)CC(=O)O2)[C@](N)(C(=O)O)C1. The Morgan fingerprint density at radius 3 is 2.39 bits per heavy atom. The number of nitrogens with two attached hydrogens (primary N) is 1. The van der Waals surface area contributed by atoms with E-state index >= 15 is 0 Å². The summed E-state index contributed by atoms with van der Waals surface area (Å²) < 4.78 is 39.3. The number of hydrogen-bond donors (Lipinski definition) is 3. The number of carboxylic acids is 1. The zero-order valence-corrected chi connectivity index (χ0v) is 19.8. The Balaban J connectivity index is 1.64. The molecule has 0 spiro atoms. The summed E-state index contributed by atoms with van der Waals surface area (Å²) >= 11 is 0. The summed E-state index contributed by atoms with van der Waals surface area (Å²) in [5.74, 6) is -2.99. The van der Waals surface area contributed by atoms with Crippen LogP contribution in [0.25, 0.3) is 0 Å². The van der Waals surface area contributed by atoms with Crippen molar-refractivity contribution >= 4 is 35.2 Å². The number of rotatable bonds is 9. The summed E-state index contributed by atoms with van der Waals surface area (Å²) in [6.07, 6.45) is 0.752. The van der Waals surface area contributed by atoms with Gasteiger partial charge in [-0.05, 0) is 13.5 Å². The van der Waals surface area contributed by atoms with Crippen molar-refractivity contribution < 1.29 is 37.2 Å². The molecule has 2 atom stereocenters. The molecule has 0 bridgehead atoms. The number of nitrogens with zero attached hydrogens (tertiary/aromatic N) is 3. The van der Waals surface area contributed by atoms with E-state index < -0.39 is 46.7 Å². The monoisotopic (exact) mass is 489 g/mol. The second kappa shape index (κ2) is 10.2. The first-order valence-corrected chi connectivity index (χ1v) is 12.4. The van der Waals surface area contributed by atoms with Gasteiger partial charge in [-0.1, -0.05) is 13.3 Å². The Hall–Kier alpha value is -1.78. The van der Waals surface area contributed by atoms with Gasteiger partial charge in [-0.15, -0.1) is 0 Å². The normalized spacial score (nSPS) is 28.2. The lowest BCUT2D eigenvalue weighted by molar-refractivity contribution is -0.146. The van der Waals surface area contributed by atoms with Crippen LogP contribution in [0.2, 0.25) is 6.32 Å². The quantitative estimate of drug-likeness (QED) is 0.293. The zero-order chi connectivity index (χ0) is 24.4. The molecule has 3 rings (SSSR count). The number of hydrogen-bond acceptors (Lipinski definition) is 10. The number of aliphatic carboxylic acids is 1. The molecule has 0 saturated carbocycles. The number of carbonyl (C=O) groups excluding carboxylic acids is 2. The maximum Gasteiger partial charge on any atom is 0.598 e. The van der Waals surface area contributed by atoms with E-state index in [0.29, 0.717) is 19.5 Å². The van der Waals surface area contributed by atoms with E-state index in [1.54, 1.807) is 14.0 Å². The fourth-order valence-corrected chi connectivity index (χ4v) is 6.33. The molecular weight excluding hydrogens is 457 g/mol. The molecule has 3 aliphatic heterocycles. The van der Waals surface area contributed by atoms with Crippen LogP contribution >= 0.6 is 0 Å². The smallest absolute Gasteiger partial charge is 0.498 e. The van der Waals surface area contributed by atoms with Crippen LogP contribution in [0.4, 0.5) is 0 Å². The maximum absolute atomic E-state index is 13.2. The van der Waals surface area contributed by atoms with Crippen molar-refractivity contribution in [2.45, 2.75) is 37.7 Å². The van der Waals surface area contributed by atoms with Gasteiger partial charge in [-0.25, -0.2) is 0 Å². The van der Waals surface area contributed by atoms with Gasteiger partial charge in [0.2, 0.25) is 0 Å². The molecule has 0 aromatic heterocycles. The second-order valence-electron chi connectivity index (χ2n) is 8.87. The van der Waals surface area contributed by atoms with Crippen molar-refractivity contribution in [3.05, 3.63) is 0 Å². The second-order valence-corrected chi connectivity index (χ2v) is 10.8. The van der Waals surface area contributed by atoms with Crippen LogP contribution in [0, 0.1) is 5.92 Å². The van der Waals surface area contributed by atoms with Crippen molar-refractivity contribution in [3.63, 3.8) is 0 Å². The minimum absolute atomic E-state index is 0.0309. The average Bonchev–Trinajstić information content (AvgIpc) is 3.01. The lowest BCUT2D eigenvalue weighted by Crippen LogP contribution is -2.61. The van der Waals surface area contributed by atoms with Crippen LogP contribution in [0.1, 0.15) is 19.8 Å². The Morgan fingerprint density at radius 2 is 1.91 bits per heavy atom. The average molecular weight is 489 g/mol.